The molecule has 0 fully saturated rings. The van der Waals surface area contributed by atoms with Gasteiger partial charge in [-0.25, -0.2) is 0 Å². The standard InChI is InChI=1S/C13H17N3O/c1-10(2)12-5-3-11(4-6-12)7-16-9-14-15-13(16)8-17/h3-6,9-10,17H,7-8H2,1-2H3. The van der Waals surface area contributed by atoms with E-state index >= 15 is 0 Å². The molecule has 0 atom stereocenters. The van der Waals surface area contributed by atoms with Crippen molar-refractivity contribution in [3.8, 4) is 0 Å². The van der Waals surface area contributed by atoms with Crippen LogP contribution in [0.25, 0.3) is 0 Å². The van der Waals surface area contributed by atoms with Crippen LogP contribution in [-0.2, 0) is 13.2 Å². The molecule has 0 bridgehead atoms. The fourth-order valence-electron chi connectivity index (χ4n) is 1.74. The molecular formula is C13H17N3O. The molecule has 4 nitrogen and oxygen atoms in total. The summed E-state index contributed by atoms with van der Waals surface area (Å²) in [4.78, 5) is 0. The Labute approximate surface area is 101 Å². The van der Waals surface area contributed by atoms with Gasteiger partial charge >= 0.3 is 0 Å². The van der Waals surface area contributed by atoms with E-state index in [1.807, 2.05) is 4.57 Å². The van der Waals surface area contributed by atoms with Crippen molar-refractivity contribution < 1.29 is 5.11 Å². The van der Waals surface area contributed by atoms with Gasteiger partial charge in [0.15, 0.2) is 5.82 Å². The topological polar surface area (TPSA) is 50.9 Å². The molecule has 0 aliphatic rings. The van der Waals surface area contributed by atoms with Gasteiger partial charge in [-0.05, 0) is 17.0 Å². The maximum Gasteiger partial charge on any atom is 0.158 e. The number of nitrogens with zero attached hydrogens (tertiary/aromatic N) is 3. The largest absolute Gasteiger partial charge is 0.388 e. The Balaban J connectivity index is 2.14. The van der Waals surface area contributed by atoms with Crippen LogP contribution in [0.15, 0.2) is 30.6 Å². The summed E-state index contributed by atoms with van der Waals surface area (Å²) >= 11 is 0. The lowest BCUT2D eigenvalue weighted by Gasteiger charge is -2.08. The van der Waals surface area contributed by atoms with E-state index in [1.165, 1.54) is 11.1 Å². The van der Waals surface area contributed by atoms with Crippen LogP contribution in [0, 0.1) is 0 Å². The van der Waals surface area contributed by atoms with Crippen LogP contribution >= 0.6 is 0 Å². The number of rotatable bonds is 4. The molecule has 0 saturated carbocycles. The van der Waals surface area contributed by atoms with Crippen LogP contribution in [0.3, 0.4) is 0 Å². The average Bonchev–Trinajstić information content (AvgIpc) is 2.77. The van der Waals surface area contributed by atoms with Gasteiger partial charge in [0.05, 0.1) is 6.54 Å². The zero-order chi connectivity index (χ0) is 12.3. The quantitative estimate of drug-likeness (QED) is 0.875. The molecule has 0 aliphatic heterocycles. The highest BCUT2D eigenvalue weighted by atomic mass is 16.3. The van der Waals surface area contributed by atoms with Crippen molar-refractivity contribution >= 4 is 0 Å². The highest BCUT2D eigenvalue weighted by molar-refractivity contribution is 5.24. The minimum atomic E-state index is -0.0793. The fraction of sp³-hybridized carbons (Fsp3) is 0.385. The summed E-state index contributed by atoms with van der Waals surface area (Å²) in [5.41, 5.74) is 2.52. The predicted molar refractivity (Wildman–Crippen MR) is 65.6 cm³/mol. The van der Waals surface area contributed by atoms with Gasteiger partial charge in [0.25, 0.3) is 0 Å². The van der Waals surface area contributed by atoms with E-state index in [0.717, 1.165) is 0 Å². The molecule has 4 heteroatoms. The minimum absolute atomic E-state index is 0.0793. The lowest BCUT2D eigenvalue weighted by molar-refractivity contribution is 0.265. The van der Waals surface area contributed by atoms with E-state index in [4.69, 9.17) is 5.11 Å². The first-order chi connectivity index (χ1) is 8.20. The Morgan fingerprint density at radius 3 is 2.53 bits per heavy atom. The summed E-state index contributed by atoms with van der Waals surface area (Å²) in [6, 6.07) is 8.50. The SMILES string of the molecule is CC(C)c1ccc(Cn2cnnc2CO)cc1. The molecule has 2 aromatic rings. The summed E-state index contributed by atoms with van der Waals surface area (Å²) in [5.74, 6) is 1.14. The van der Waals surface area contributed by atoms with Crippen molar-refractivity contribution in [2.45, 2.75) is 32.9 Å². The summed E-state index contributed by atoms with van der Waals surface area (Å²) in [6.07, 6.45) is 1.64. The maximum absolute atomic E-state index is 9.08. The van der Waals surface area contributed by atoms with Gasteiger partial charge < -0.3 is 9.67 Å². The van der Waals surface area contributed by atoms with Gasteiger partial charge in [0.1, 0.15) is 12.9 Å². The molecule has 0 saturated heterocycles. The number of aromatic nitrogens is 3. The third-order valence-corrected chi connectivity index (χ3v) is 2.84. The average molecular weight is 231 g/mol. The highest BCUT2D eigenvalue weighted by Crippen LogP contribution is 2.15. The molecule has 17 heavy (non-hydrogen) atoms. The summed E-state index contributed by atoms with van der Waals surface area (Å²) in [6.45, 7) is 4.97. The monoisotopic (exact) mass is 231 g/mol. The van der Waals surface area contributed by atoms with Gasteiger partial charge in [0, 0.05) is 0 Å². The van der Waals surface area contributed by atoms with Crippen LogP contribution in [0.1, 0.15) is 36.7 Å². The Bertz CT molecular complexity index is 474. The molecule has 1 heterocycles. The van der Waals surface area contributed by atoms with E-state index in [9.17, 15) is 0 Å². The number of benzene rings is 1. The fourth-order valence-corrected chi connectivity index (χ4v) is 1.74. The van der Waals surface area contributed by atoms with Crippen LogP contribution in [0.4, 0.5) is 0 Å². The van der Waals surface area contributed by atoms with Gasteiger partial charge in [-0.2, -0.15) is 0 Å². The molecular weight excluding hydrogens is 214 g/mol. The number of aliphatic hydroxyl groups excluding tert-OH is 1. The van der Waals surface area contributed by atoms with E-state index < -0.39 is 0 Å². The van der Waals surface area contributed by atoms with Crippen molar-refractivity contribution in [2.75, 3.05) is 0 Å². The lowest BCUT2D eigenvalue weighted by Crippen LogP contribution is -2.04. The predicted octanol–water partition coefficient (Wildman–Crippen LogP) is 1.94. The van der Waals surface area contributed by atoms with E-state index in [-0.39, 0.29) is 6.61 Å². The van der Waals surface area contributed by atoms with Crippen LogP contribution in [0.5, 0.6) is 0 Å². The zero-order valence-corrected chi connectivity index (χ0v) is 10.2. The third-order valence-electron chi connectivity index (χ3n) is 2.84. The molecule has 0 amide bonds. The first-order valence-electron chi connectivity index (χ1n) is 5.77. The van der Waals surface area contributed by atoms with Crippen LogP contribution in [-0.4, -0.2) is 19.9 Å². The smallest absolute Gasteiger partial charge is 0.158 e. The van der Waals surface area contributed by atoms with Crippen molar-refractivity contribution in [3.63, 3.8) is 0 Å². The third kappa shape index (κ3) is 2.71. The second kappa shape index (κ2) is 5.10. The first kappa shape index (κ1) is 11.8. The van der Waals surface area contributed by atoms with Crippen LogP contribution in [0.2, 0.25) is 0 Å². The molecule has 1 aromatic carbocycles. The summed E-state index contributed by atoms with van der Waals surface area (Å²) < 4.78 is 1.85. The number of hydrogen-bond acceptors (Lipinski definition) is 3. The number of hydrogen-bond donors (Lipinski definition) is 1. The summed E-state index contributed by atoms with van der Waals surface area (Å²) in [5, 5.41) is 16.7. The Kier molecular flexibility index (Phi) is 3.54. The van der Waals surface area contributed by atoms with Crippen LogP contribution < -0.4 is 0 Å². The Morgan fingerprint density at radius 2 is 1.94 bits per heavy atom. The second-order valence-electron chi connectivity index (χ2n) is 4.43. The number of aliphatic hydroxyl groups is 1. The molecule has 90 valence electrons. The Hall–Kier alpha value is -1.68. The van der Waals surface area contributed by atoms with Crippen molar-refractivity contribution in [2.24, 2.45) is 0 Å². The molecule has 1 aromatic heterocycles. The van der Waals surface area contributed by atoms with E-state index in [0.29, 0.717) is 18.3 Å². The maximum atomic E-state index is 9.08. The molecule has 0 unspecified atom stereocenters. The van der Waals surface area contributed by atoms with Gasteiger partial charge in [-0.1, -0.05) is 38.1 Å². The van der Waals surface area contributed by atoms with Gasteiger partial charge in [-0.3, -0.25) is 0 Å². The van der Waals surface area contributed by atoms with E-state index in [2.05, 4.69) is 48.3 Å². The Morgan fingerprint density at radius 1 is 1.24 bits per heavy atom. The highest BCUT2D eigenvalue weighted by Gasteiger charge is 2.04. The summed E-state index contributed by atoms with van der Waals surface area (Å²) in [7, 11) is 0. The molecule has 2 rings (SSSR count). The van der Waals surface area contributed by atoms with Crippen molar-refractivity contribution in [3.05, 3.63) is 47.5 Å². The van der Waals surface area contributed by atoms with Crippen molar-refractivity contribution in [1.82, 2.24) is 14.8 Å². The van der Waals surface area contributed by atoms with Gasteiger partial charge in [0.2, 0.25) is 0 Å². The molecule has 1 N–H and O–H groups in total. The molecule has 0 radical (unpaired) electrons. The first-order valence-corrected chi connectivity index (χ1v) is 5.77. The van der Waals surface area contributed by atoms with E-state index in [1.54, 1.807) is 6.33 Å². The normalized spacial score (nSPS) is 11.1. The molecule has 0 spiro atoms. The zero-order valence-electron chi connectivity index (χ0n) is 10.2. The van der Waals surface area contributed by atoms with Crippen molar-refractivity contribution in [1.29, 1.82) is 0 Å². The molecule has 0 aliphatic carbocycles. The lowest BCUT2D eigenvalue weighted by atomic mass is 10.0. The van der Waals surface area contributed by atoms with Gasteiger partial charge in [-0.15, -0.1) is 10.2 Å². The minimum Gasteiger partial charge on any atom is -0.388 e. The second-order valence-corrected chi connectivity index (χ2v) is 4.43.